The van der Waals surface area contributed by atoms with Crippen LogP contribution in [-0.2, 0) is 0 Å². The van der Waals surface area contributed by atoms with Crippen molar-refractivity contribution < 1.29 is 0 Å². The third kappa shape index (κ3) is 2.22. The number of imidazole rings is 1. The Morgan fingerprint density at radius 3 is 2.21 bits per heavy atom. The first-order chi connectivity index (χ1) is 11.8. The third-order valence-electron chi connectivity index (χ3n) is 3.83. The van der Waals surface area contributed by atoms with E-state index < -0.39 is 0 Å². The second kappa shape index (κ2) is 5.60. The molecule has 0 radical (unpaired) electrons. The van der Waals surface area contributed by atoms with Gasteiger partial charge in [-0.1, -0.05) is 48.5 Å². The highest BCUT2D eigenvalue weighted by Gasteiger charge is 2.17. The summed E-state index contributed by atoms with van der Waals surface area (Å²) < 4.78 is 1.95. The van der Waals surface area contributed by atoms with Crippen molar-refractivity contribution in [2.24, 2.45) is 0 Å². The van der Waals surface area contributed by atoms with Crippen molar-refractivity contribution in [2.45, 2.75) is 6.92 Å². The molecule has 0 aliphatic rings. The predicted octanol–water partition coefficient (Wildman–Crippen LogP) is 3.66. The molecular formula is C19H13N5. The van der Waals surface area contributed by atoms with Crippen LogP contribution in [0.15, 0.2) is 60.7 Å². The maximum absolute atomic E-state index is 9.49. The summed E-state index contributed by atoms with van der Waals surface area (Å²) in [5.74, 6) is 1.30. The summed E-state index contributed by atoms with van der Waals surface area (Å²) >= 11 is 0. The van der Waals surface area contributed by atoms with Crippen molar-refractivity contribution in [3.8, 4) is 23.1 Å². The minimum Gasteiger partial charge on any atom is -0.281 e. The molecule has 2 heterocycles. The lowest BCUT2D eigenvalue weighted by Gasteiger charge is -2.07. The van der Waals surface area contributed by atoms with Crippen LogP contribution in [0.3, 0.4) is 0 Å². The van der Waals surface area contributed by atoms with E-state index in [1.807, 2.05) is 72.2 Å². The first-order valence-corrected chi connectivity index (χ1v) is 7.56. The van der Waals surface area contributed by atoms with Crippen LogP contribution < -0.4 is 0 Å². The molecule has 5 nitrogen and oxygen atoms in total. The topological polar surface area (TPSA) is 67.4 Å². The number of hydrogen-bond acceptors (Lipinski definition) is 4. The van der Waals surface area contributed by atoms with E-state index >= 15 is 0 Å². The van der Waals surface area contributed by atoms with E-state index in [1.54, 1.807) is 0 Å². The maximum atomic E-state index is 9.49. The summed E-state index contributed by atoms with van der Waals surface area (Å²) in [7, 11) is 0. The van der Waals surface area contributed by atoms with Crippen molar-refractivity contribution in [3.63, 3.8) is 0 Å². The minimum absolute atomic E-state index is 0.289. The number of aryl methyl sites for hydroxylation is 1. The molecular weight excluding hydrogens is 298 g/mol. The lowest BCUT2D eigenvalue weighted by Crippen LogP contribution is -2.00. The van der Waals surface area contributed by atoms with Gasteiger partial charge in [0, 0.05) is 11.3 Å². The van der Waals surface area contributed by atoms with Gasteiger partial charge in [0.1, 0.15) is 17.4 Å². The average molecular weight is 311 g/mol. The summed E-state index contributed by atoms with van der Waals surface area (Å²) in [6, 6.07) is 21.7. The van der Waals surface area contributed by atoms with E-state index in [9.17, 15) is 5.26 Å². The Balaban J connectivity index is 2.05. The standard InChI is InChI=1S/C19H13N5/c1-13-21-17-16(12-20)22-18(14-8-4-2-5-9-14)23-19(17)24(13)15-10-6-3-7-11-15/h2-11H,1H3. The molecule has 0 aliphatic heterocycles. The van der Waals surface area contributed by atoms with Gasteiger partial charge in [0.2, 0.25) is 0 Å². The average Bonchev–Trinajstić information content (AvgIpc) is 2.98. The molecule has 2 aromatic carbocycles. The van der Waals surface area contributed by atoms with Crippen molar-refractivity contribution in [3.05, 3.63) is 72.2 Å². The normalized spacial score (nSPS) is 10.7. The Hall–Kier alpha value is -3.52. The van der Waals surface area contributed by atoms with Crippen molar-refractivity contribution in [1.29, 1.82) is 5.26 Å². The van der Waals surface area contributed by atoms with Crippen LogP contribution >= 0.6 is 0 Å². The molecule has 0 fully saturated rings. The van der Waals surface area contributed by atoms with Gasteiger partial charge in [-0.2, -0.15) is 5.26 Å². The molecule has 0 spiro atoms. The second-order valence-electron chi connectivity index (χ2n) is 5.38. The SMILES string of the molecule is Cc1nc2c(C#N)nc(-c3ccccc3)nc2n1-c1ccccc1. The monoisotopic (exact) mass is 311 g/mol. The first-order valence-electron chi connectivity index (χ1n) is 7.56. The molecule has 5 heteroatoms. The number of para-hydroxylation sites is 1. The molecule has 4 aromatic rings. The van der Waals surface area contributed by atoms with Crippen molar-refractivity contribution >= 4 is 11.2 Å². The van der Waals surface area contributed by atoms with E-state index in [2.05, 4.69) is 21.0 Å². The quantitative estimate of drug-likeness (QED) is 0.566. The van der Waals surface area contributed by atoms with Gasteiger partial charge in [-0.15, -0.1) is 0 Å². The molecule has 0 aliphatic carbocycles. The largest absolute Gasteiger partial charge is 0.281 e. The second-order valence-corrected chi connectivity index (χ2v) is 5.38. The Morgan fingerprint density at radius 1 is 0.875 bits per heavy atom. The zero-order valence-corrected chi connectivity index (χ0v) is 13.0. The summed E-state index contributed by atoms with van der Waals surface area (Å²) in [5, 5.41) is 9.49. The van der Waals surface area contributed by atoms with Crippen LogP contribution in [0.25, 0.3) is 28.2 Å². The Kier molecular flexibility index (Phi) is 3.29. The van der Waals surface area contributed by atoms with Crippen molar-refractivity contribution in [2.75, 3.05) is 0 Å². The molecule has 0 unspecified atom stereocenters. The molecule has 4 rings (SSSR count). The molecule has 0 N–H and O–H groups in total. The van der Waals surface area contributed by atoms with E-state index in [4.69, 9.17) is 0 Å². The highest BCUT2D eigenvalue weighted by molar-refractivity contribution is 5.81. The number of aromatic nitrogens is 4. The Morgan fingerprint density at radius 2 is 1.54 bits per heavy atom. The molecule has 0 atom stereocenters. The summed E-state index contributed by atoms with van der Waals surface area (Å²) in [6.45, 7) is 1.90. The van der Waals surface area contributed by atoms with Crippen LogP contribution in [0.5, 0.6) is 0 Å². The summed E-state index contributed by atoms with van der Waals surface area (Å²) in [6.07, 6.45) is 0. The van der Waals surface area contributed by atoms with Crippen LogP contribution in [0.1, 0.15) is 11.5 Å². The smallest absolute Gasteiger partial charge is 0.172 e. The summed E-state index contributed by atoms with van der Waals surface area (Å²) in [5.41, 5.74) is 3.28. The fourth-order valence-corrected chi connectivity index (χ4v) is 2.75. The van der Waals surface area contributed by atoms with Crippen LogP contribution in [-0.4, -0.2) is 19.5 Å². The highest BCUT2D eigenvalue weighted by atomic mass is 15.1. The van der Waals surface area contributed by atoms with Gasteiger partial charge >= 0.3 is 0 Å². The van der Waals surface area contributed by atoms with Gasteiger partial charge in [-0.05, 0) is 19.1 Å². The van der Waals surface area contributed by atoms with Gasteiger partial charge in [0.25, 0.3) is 0 Å². The third-order valence-corrected chi connectivity index (χ3v) is 3.83. The molecule has 2 aromatic heterocycles. The van der Waals surface area contributed by atoms with Gasteiger partial charge in [-0.3, -0.25) is 4.57 Å². The number of hydrogen-bond donors (Lipinski definition) is 0. The lowest BCUT2D eigenvalue weighted by molar-refractivity contribution is 0.986. The van der Waals surface area contributed by atoms with Crippen LogP contribution in [0, 0.1) is 18.3 Å². The number of fused-ring (bicyclic) bond motifs is 1. The number of nitrogens with zero attached hydrogens (tertiary/aromatic N) is 5. The Bertz CT molecular complexity index is 1060. The van der Waals surface area contributed by atoms with Crippen LogP contribution in [0.2, 0.25) is 0 Å². The number of nitriles is 1. The minimum atomic E-state index is 0.289. The van der Waals surface area contributed by atoms with E-state index in [-0.39, 0.29) is 5.69 Å². The fourth-order valence-electron chi connectivity index (χ4n) is 2.75. The highest BCUT2D eigenvalue weighted by Crippen LogP contribution is 2.24. The number of benzene rings is 2. The zero-order valence-electron chi connectivity index (χ0n) is 13.0. The predicted molar refractivity (Wildman–Crippen MR) is 91.5 cm³/mol. The Labute approximate surface area is 138 Å². The zero-order chi connectivity index (χ0) is 16.5. The first kappa shape index (κ1) is 14.1. The molecule has 24 heavy (non-hydrogen) atoms. The maximum Gasteiger partial charge on any atom is 0.172 e. The van der Waals surface area contributed by atoms with Gasteiger partial charge in [-0.25, -0.2) is 15.0 Å². The molecule has 0 bridgehead atoms. The van der Waals surface area contributed by atoms with Gasteiger partial charge < -0.3 is 0 Å². The molecule has 0 saturated heterocycles. The summed E-state index contributed by atoms with van der Waals surface area (Å²) in [4.78, 5) is 13.6. The molecule has 0 amide bonds. The number of rotatable bonds is 2. The van der Waals surface area contributed by atoms with Gasteiger partial charge in [0.15, 0.2) is 17.2 Å². The van der Waals surface area contributed by atoms with E-state index in [1.165, 1.54) is 0 Å². The van der Waals surface area contributed by atoms with E-state index in [0.717, 1.165) is 17.1 Å². The molecule has 114 valence electrons. The lowest BCUT2D eigenvalue weighted by atomic mass is 10.2. The van der Waals surface area contributed by atoms with E-state index in [0.29, 0.717) is 17.0 Å². The fraction of sp³-hybridized carbons (Fsp3) is 0.0526. The van der Waals surface area contributed by atoms with Gasteiger partial charge in [0.05, 0.1) is 0 Å². The van der Waals surface area contributed by atoms with Crippen LogP contribution in [0.4, 0.5) is 0 Å². The van der Waals surface area contributed by atoms with Crippen molar-refractivity contribution in [1.82, 2.24) is 19.5 Å². The molecule has 0 saturated carbocycles.